The van der Waals surface area contributed by atoms with Crippen molar-refractivity contribution < 1.29 is 18.7 Å². The van der Waals surface area contributed by atoms with Crippen molar-refractivity contribution in [3.05, 3.63) is 52.6 Å². The molecule has 1 aromatic carbocycles. The third kappa shape index (κ3) is 2.47. The molecule has 0 atom stereocenters. The van der Waals surface area contributed by atoms with Crippen molar-refractivity contribution in [1.29, 1.82) is 0 Å². The van der Waals surface area contributed by atoms with E-state index in [1.165, 1.54) is 15.7 Å². The Morgan fingerprint density at radius 2 is 2.12 bits per heavy atom. The van der Waals surface area contributed by atoms with Gasteiger partial charge in [-0.05, 0) is 30.3 Å². The Hall–Kier alpha value is -3.42. The third-order valence-corrected chi connectivity index (χ3v) is 4.09. The van der Waals surface area contributed by atoms with Crippen molar-refractivity contribution in [2.75, 3.05) is 18.6 Å². The van der Waals surface area contributed by atoms with E-state index >= 15 is 0 Å². The van der Waals surface area contributed by atoms with E-state index in [2.05, 4.69) is 4.98 Å². The lowest BCUT2D eigenvalue weighted by Gasteiger charge is -2.26. The van der Waals surface area contributed by atoms with Crippen molar-refractivity contribution in [2.24, 2.45) is 0 Å². The summed E-state index contributed by atoms with van der Waals surface area (Å²) in [6.45, 7) is -0.237. The average molecular weight is 339 g/mol. The number of Topliss-reactive ketones (excluding diaryl/α,β-unsaturated/α-hetero) is 1. The zero-order chi connectivity index (χ0) is 17.6. The van der Waals surface area contributed by atoms with Crippen LogP contribution in [-0.2, 0) is 11.3 Å². The summed E-state index contributed by atoms with van der Waals surface area (Å²) in [7, 11) is 1.62. The van der Waals surface area contributed by atoms with Gasteiger partial charge in [0.25, 0.3) is 5.91 Å². The molecule has 2 aromatic heterocycles. The van der Waals surface area contributed by atoms with Gasteiger partial charge in [0, 0.05) is 18.8 Å². The molecule has 0 bridgehead atoms. The van der Waals surface area contributed by atoms with Gasteiger partial charge in [0.15, 0.2) is 23.6 Å². The molecule has 0 unspecified atom stereocenters. The fourth-order valence-corrected chi connectivity index (χ4v) is 2.72. The number of carbonyl (C=O) groups is 2. The summed E-state index contributed by atoms with van der Waals surface area (Å²) < 4.78 is 11.6. The van der Waals surface area contributed by atoms with Crippen LogP contribution in [0.5, 0.6) is 5.75 Å². The number of likely N-dealkylation sites (N-methyl/N-ethyl adjacent to an activating group) is 1. The molecule has 8 heteroatoms. The van der Waals surface area contributed by atoms with Crippen molar-refractivity contribution >= 4 is 28.6 Å². The Morgan fingerprint density at radius 3 is 2.96 bits per heavy atom. The summed E-state index contributed by atoms with van der Waals surface area (Å²) in [6.07, 6.45) is 1.52. The van der Waals surface area contributed by atoms with E-state index in [0.29, 0.717) is 28.2 Å². The minimum atomic E-state index is -0.643. The standard InChI is InChI=1S/C17H13N3O5/c1-19-11-7-10(4-5-13(11)24-9-15(19)22)12(21)8-20-16-14(25-17(20)23)3-2-6-18-16/h2-7H,8-9H2,1H3. The summed E-state index contributed by atoms with van der Waals surface area (Å²) in [5.41, 5.74) is 1.52. The van der Waals surface area contributed by atoms with Crippen molar-refractivity contribution in [3.8, 4) is 5.75 Å². The van der Waals surface area contributed by atoms with Gasteiger partial charge in [-0.2, -0.15) is 0 Å². The molecule has 1 amide bonds. The first-order valence-electron chi connectivity index (χ1n) is 7.55. The quantitative estimate of drug-likeness (QED) is 0.666. The fraction of sp³-hybridized carbons (Fsp3) is 0.176. The minimum Gasteiger partial charge on any atom is -0.482 e. The van der Waals surface area contributed by atoms with Crippen LogP contribution in [0.3, 0.4) is 0 Å². The number of rotatable bonds is 3. The van der Waals surface area contributed by atoms with Gasteiger partial charge in [-0.1, -0.05) is 0 Å². The Labute approximate surface area is 141 Å². The lowest BCUT2D eigenvalue weighted by Crippen LogP contribution is -2.35. The maximum atomic E-state index is 12.6. The molecule has 3 aromatic rings. The molecule has 3 heterocycles. The second kappa shape index (κ2) is 5.59. The first-order valence-corrected chi connectivity index (χ1v) is 7.55. The lowest BCUT2D eigenvalue weighted by molar-refractivity contribution is -0.120. The number of hydrogen-bond donors (Lipinski definition) is 0. The van der Waals surface area contributed by atoms with E-state index in [1.807, 2.05) is 0 Å². The normalized spacial score (nSPS) is 13.6. The number of pyridine rings is 1. The predicted molar refractivity (Wildman–Crippen MR) is 87.9 cm³/mol. The Bertz CT molecular complexity index is 1070. The van der Waals surface area contributed by atoms with Crippen LogP contribution in [-0.4, -0.2) is 34.9 Å². The summed E-state index contributed by atoms with van der Waals surface area (Å²) in [5, 5.41) is 0. The van der Waals surface area contributed by atoms with Gasteiger partial charge in [-0.15, -0.1) is 0 Å². The molecular formula is C17H13N3O5. The molecule has 0 saturated carbocycles. The van der Waals surface area contributed by atoms with E-state index in [9.17, 15) is 14.4 Å². The molecule has 0 spiro atoms. The second-order valence-corrected chi connectivity index (χ2v) is 5.63. The summed E-state index contributed by atoms with van der Waals surface area (Å²) in [6, 6.07) is 8.08. The zero-order valence-electron chi connectivity index (χ0n) is 13.3. The van der Waals surface area contributed by atoms with Crippen LogP contribution < -0.4 is 15.4 Å². The first kappa shape index (κ1) is 15.1. The van der Waals surface area contributed by atoms with Gasteiger partial charge in [0.05, 0.1) is 12.2 Å². The number of ether oxygens (including phenoxy) is 1. The maximum absolute atomic E-state index is 12.6. The largest absolute Gasteiger partial charge is 0.482 e. The third-order valence-electron chi connectivity index (χ3n) is 4.09. The number of carbonyl (C=O) groups excluding carboxylic acids is 2. The van der Waals surface area contributed by atoms with E-state index in [1.54, 1.807) is 37.4 Å². The number of hydrogen-bond acceptors (Lipinski definition) is 6. The van der Waals surface area contributed by atoms with Crippen LogP contribution in [0.2, 0.25) is 0 Å². The molecule has 0 aliphatic carbocycles. The van der Waals surface area contributed by atoms with Crippen LogP contribution in [0, 0.1) is 0 Å². The average Bonchev–Trinajstić information content (AvgIpc) is 2.93. The van der Waals surface area contributed by atoms with E-state index in [4.69, 9.17) is 9.15 Å². The van der Waals surface area contributed by atoms with Gasteiger partial charge in [0.1, 0.15) is 5.75 Å². The van der Waals surface area contributed by atoms with Gasteiger partial charge < -0.3 is 14.1 Å². The highest BCUT2D eigenvalue weighted by atomic mass is 16.5. The first-order chi connectivity index (χ1) is 12.0. The summed E-state index contributed by atoms with van der Waals surface area (Å²) >= 11 is 0. The van der Waals surface area contributed by atoms with Crippen molar-refractivity contribution in [2.45, 2.75) is 6.54 Å². The van der Waals surface area contributed by atoms with E-state index < -0.39 is 5.76 Å². The number of ketones is 1. The van der Waals surface area contributed by atoms with Crippen LogP contribution in [0.25, 0.3) is 11.2 Å². The fourth-order valence-electron chi connectivity index (χ4n) is 2.72. The van der Waals surface area contributed by atoms with Crippen molar-refractivity contribution in [3.63, 3.8) is 0 Å². The minimum absolute atomic E-state index is 0.0289. The summed E-state index contributed by atoms with van der Waals surface area (Å²) in [5.74, 6) is -0.607. The SMILES string of the molecule is CN1C(=O)COc2ccc(C(=O)Cn3c(=O)oc4cccnc43)cc21. The van der Waals surface area contributed by atoms with Crippen LogP contribution >= 0.6 is 0 Å². The van der Waals surface area contributed by atoms with Gasteiger partial charge >= 0.3 is 5.76 Å². The number of aromatic nitrogens is 2. The molecule has 0 saturated heterocycles. The van der Waals surface area contributed by atoms with Gasteiger partial charge in [-0.25, -0.2) is 9.78 Å². The lowest BCUT2D eigenvalue weighted by atomic mass is 10.1. The molecule has 8 nitrogen and oxygen atoms in total. The second-order valence-electron chi connectivity index (χ2n) is 5.63. The highest BCUT2D eigenvalue weighted by molar-refractivity contribution is 6.01. The number of oxazole rings is 1. The number of amides is 1. The molecule has 1 aliphatic rings. The Balaban J connectivity index is 1.69. The van der Waals surface area contributed by atoms with Crippen LogP contribution in [0.4, 0.5) is 5.69 Å². The molecule has 25 heavy (non-hydrogen) atoms. The molecule has 1 aliphatic heterocycles. The topological polar surface area (TPSA) is 94.6 Å². The highest BCUT2D eigenvalue weighted by Crippen LogP contribution is 2.32. The molecular weight excluding hydrogens is 326 g/mol. The Kier molecular flexibility index (Phi) is 3.38. The van der Waals surface area contributed by atoms with Gasteiger partial charge in [-0.3, -0.25) is 14.2 Å². The number of benzene rings is 1. The molecule has 0 fully saturated rings. The van der Waals surface area contributed by atoms with Crippen LogP contribution in [0.15, 0.2) is 45.7 Å². The predicted octanol–water partition coefficient (Wildman–Crippen LogP) is 1.23. The number of anilines is 1. The summed E-state index contributed by atoms with van der Waals surface area (Å²) in [4.78, 5) is 41.8. The zero-order valence-corrected chi connectivity index (χ0v) is 13.3. The highest BCUT2D eigenvalue weighted by Gasteiger charge is 2.24. The van der Waals surface area contributed by atoms with E-state index in [-0.39, 0.29) is 24.8 Å². The van der Waals surface area contributed by atoms with Crippen LogP contribution in [0.1, 0.15) is 10.4 Å². The monoisotopic (exact) mass is 339 g/mol. The number of nitrogens with zero attached hydrogens (tertiary/aromatic N) is 3. The Morgan fingerprint density at radius 1 is 1.28 bits per heavy atom. The molecule has 0 radical (unpaired) electrons. The molecule has 126 valence electrons. The van der Waals surface area contributed by atoms with Gasteiger partial charge in [0.2, 0.25) is 0 Å². The number of fused-ring (bicyclic) bond motifs is 2. The van der Waals surface area contributed by atoms with Crippen molar-refractivity contribution in [1.82, 2.24) is 9.55 Å². The van der Waals surface area contributed by atoms with E-state index in [0.717, 1.165) is 0 Å². The smallest absolute Gasteiger partial charge is 0.421 e. The molecule has 0 N–H and O–H groups in total. The molecule has 4 rings (SSSR count). The maximum Gasteiger partial charge on any atom is 0.421 e.